The number of anilines is 1. The zero-order chi connectivity index (χ0) is 26.3. The van der Waals surface area contributed by atoms with Crippen LogP contribution in [-0.2, 0) is 6.18 Å². The number of imidazole rings is 1. The van der Waals surface area contributed by atoms with Crippen molar-refractivity contribution in [2.45, 2.75) is 13.1 Å². The molecule has 37 heavy (non-hydrogen) atoms. The zero-order valence-electron chi connectivity index (χ0n) is 19.1. The van der Waals surface area contributed by atoms with Crippen LogP contribution in [0.1, 0.15) is 21.5 Å². The summed E-state index contributed by atoms with van der Waals surface area (Å²) >= 11 is 0. The predicted molar refractivity (Wildman–Crippen MR) is 128 cm³/mol. The Balaban J connectivity index is 1.61. The van der Waals surface area contributed by atoms with Gasteiger partial charge in [0.2, 0.25) is 0 Å². The third-order valence-corrected chi connectivity index (χ3v) is 5.82. The van der Waals surface area contributed by atoms with Gasteiger partial charge in [0.25, 0.3) is 5.91 Å². The number of carbonyl (C=O) groups is 1. The molecule has 0 unspecified atom stereocenters. The molecule has 0 saturated carbocycles. The van der Waals surface area contributed by atoms with Gasteiger partial charge in [0.15, 0.2) is 17.3 Å². The highest BCUT2D eigenvalue weighted by atomic mass is 19.4. The number of fused-ring (bicyclic) bond motifs is 1. The molecule has 0 atom stereocenters. The number of halogens is 5. The van der Waals surface area contributed by atoms with E-state index in [1.54, 1.807) is 24.3 Å². The average Bonchev–Trinajstić information content (AvgIpc) is 3.30. The van der Waals surface area contributed by atoms with Gasteiger partial charge in [0, 0.05) is 23.0 Å². The first-order chi connectivity index (χ1) is 17.6. The highest BCUT2D eigenvalue weighted by Gasteiger charge is 2.35. The molecule has 5 rings (SSSR count). The summed E-state index contributed by atoms with van der Waals surface area (Å²) in [5.74, 6) is -3.06. The van der Waals surface area contributed by atoms with Crippen molar-refractivity contribution in [1.82, 2.24) is 14.6 Å². The van der Waals surface area contributed by atoms with E-state index >= 15 is 0 Å². The van der Waals surface area contributed by atoms with Crippen LogP contribution in [0.4, 0.5) is 27.6 Å². The number of nitrogens with one attached hydrogen (secondary N) is 1. The Morgan fingerprint density at radius 2 is 1.70 bits per heavy atom. The molecule has 0 aliphatic carbocycles. The molecule has 0 spiro atoms. The molecule has 0 bridgehead atoms. The summed E-state index contributed by atoms with van der Waals surface area (Å²) in [5, 5.41) is 6.66. The van der Waals surface area contributed by atoms with Crippen LogP contribution in [0.5, 0.6) is 0 Å². The van der Waals surface area contributed by atoms with Gasteiger partial charge in [0.1, 0.15) is 0 Å². The topological polar surface area (TPSA) is 59.3 Å². The van der Waals surface area contributed by atoms with Crippen molar-refractivity contribution in [2.24, 2.45) is 0 Å². The molecule has 3 aromatic carbocycles. The number of hydrogen-bond acceptors (Lipinski definition) is 3. The van der Waals surface area contributed by atoms with E-state index in [4.69, 9.17) is 0 Å². The number of carbonyl (C=O) groups excluding carboxylic acids is 1. The van der Waals surface area contributed by atoms with Crippen LogP contribution in [0.3, 0.4) is 0 Å². The second kappa shape index (κ2) is 9.12. The molecule has 186 valence electrons. The van der Waals surface area contributed by atoms with Gasteiger partial charge in [-0.05, 0) is 55.0 Å². The Labute approximate surface area is 207 Å². The molecule has 1 amide bonds. The van der Waals surface area contributed by atoms with Gasteiger partial charge in [-0.2, -0.15) is 18.3 Å². The van der Waals surface area contributed by atoms with Crippen molar-refractivity contribution in [2.75, 3.05) is 5.32 Å². The minimum Gasteiger partial charge on any atom is -0.322 e. The lowest BCUT2D eigenvalue weighted by Crippen LogP contribution is -2.19. The maximum absolute atomic E-state index is 14.4. The molecule has 0 saturated heterocycles. The maximum atomic E-state index is 14.4. The number of aryl methyl sites for hydroxylation is 1. The lowest BCUT2D eigenvalue weighted by Gasteiger charge is -2.15. The average molecular weight is 508 g/mol. The molecule has 1 N–H and O–H groups in total. The first-order valence-corrected chi connectivity index (χ1v) is 11.0. The lowest BCUT2D eigenvalue weighted by atomic mass is 9.98. The molecule has 2 aromatic heterocycles. The van der Waals surface area contributed by atoms with E-state index in [1.165, 1.54) is 41.2 Å². The highest BCUT2D eigenvalue weighted by molar-refractivity contribution is 6.06. The smallest absolute Gasteiger partial charge is 0.322 e. The highest BCUT2D eigenvalue weighted by Crippen LogP contribution is 2.36. The number of amides is 1. The fourth-order valence-corrected chi connectivity index (χ4v) is 3.99. The van der Waals surface area contributed by atoms with Crippen molar-refractivity contribution in [3.63, 3.8) is 0 Å². The van der Waals surface area contributed by atoms with E-state index in [0.29, 0.717) is 11.3 Å². The molecule has 0 fully saturated rings. The van der Waals surface area contributed by atoms with E-state index in [1.807, 2.05) is 6.92 Å². The van der Waals surface area contributed by atoms with Gasteiger partial charge in [-0.15, -0.1) is 0 Å². The van der Waals surface area contributed by atoms with E-state index in [9.17, 15) is 26.7 Å². The third kappa shape index (κ3) is 4.53. The quantitative estimate of drug-likeness (QED) is 0.268. The Hall–Kier alpha value is -4.60. The minimum absolute atomic E-state index is 0.0808. The molecule has 0 aliphatic rings. The number of aromatic nitrogens is 3. The molecule has 10 heteroatoms. The summed E-state index contributed by atoms with van der Waals surface area (Å²) in [6, 6.07) is 15.0. The monoisotopic (exact) mass is 508 g/mol. The van der Waals surface area contributed by atoms with Crippen LogP contribution in [0.15, 0.2) is 79.1 Å². The molecular weight excluding hydrogens is 491 g/mol. The van der Waals surface area contributed by atoms with Gasteiger partial charge in [-0.25, -0.2) is 18.3 Å². The summed E-state index contributed by atoms with van der Waals surface area (Å²) in [6.45, 7) is 1.84. The number of alkyl halides is 3. The van der Waals surface area contributed by atoms with Gasteiger partial charge >= 0.3 is 6.18 Å². The van der Waals surface area contributed by atoms with Crippen LogP contribution in [0.25, 0.3) is 28.0 Å². The molecule has 0 aliphatic heterocycles. The minimum atomic E-state index is -4.78. The van der Waals surface area contributed by atoms with Gasteiger partial charge in [0.05, 0.1) is 23.0 Å². The summed E-state index contributed by atoms with van der Waals surface area (Å²) in [4.78, 5) is 17.2. The second-order valence-corrected chi connectivity index (χ2v) is 8.30. The molecule has 5 nitrogen and oxygen atoms in total. The standard InChI is InChI=1S/C27H17F5N4O/c1-15-5-8-17(9-6-15)35-26(37)20-13-16(7-10-21(20)27(30,31)32)18-11-12-34-36-23(14-33-25(18)36)19-3-2-4-22(28)24(19)29/h2-14H,1H3,(H,35,37). The Morgan fingerprint density at radius 3 is 2.43 bits per heavy atom. The number of nitrogens with zero attached hydrogens (tertiary/aromatic N) is 3. The summed E-state index contributed by atoms with van der Waals surface area (Å²) in [7, 11) is 0. The Kier molecular flexibility index (Phi) is 5.94. The summed E-state index contributed by atoms with van der Waals surface area (Å²) in [6.07, 6.45) is -2.13. The van der Waals surface area contributed by atoms with Gasteiger partial charge in [-0.3, -0.25) is 4.79 Å². The zero-order valence-corrected chi connectivity index (χ0v) is 19.1. The van der Waals surface area contributed by atoms with Crippen LogP contribution in [0, 0.1) is 18.6 Å². The van der Waals surface area contributed by atoms with Crippen LogP contribution in [0.2, 0.25) is 0 Å². The van der Waals surface area contributed by atoms with Crippen molar-refractivity contribution in [3.05, 3.63) is 107 Å². The van der Waals surface area contributed by atoms with Crippen molar-refractivity contribution in [1.29, 1.82) is 0 Å². The third-order valence-electron chi connectivity index (χ3n) is 5.82. The first kappa shape index (κ1) is 24.1. The van der Waals surface area contributed by atoms with E-state index < -0.39 is 34.8 Å². The van der Waals surface area contributed by atoms with Gasteiger partial charge in [-0.1, -0.05) is 29.8 Å². The van der Waals surface area contributed by atoms with Crippen molar-refractivity contribution < 1.29 is 26.7 Å². The number of benzene rings is 3. The van der Waals surface area contributed by atoms with Gasteiger partial charge < -0.3 is 5.32 Å². The summed E-state index contributed by atoms with van der Waals surface area (Å²) in [5.41, 5.74) is 0.444. The predicted octanol–water partition coefficient (Wildman–Crippen LogP) is 6.92. The lowest BCUT2D eigenvalue weighted by molar-refractivity contribution is -0.137. The Bertz CT molecular complexity index is 1640. The normalized spacial score (nSPS) is 11.6. The number of rotatable bonds is 4. The second-order valence-electron chi connectivity index (χ2n) is 8.30. The number of hydrogen-bond donors (Lipinski definition) is 1. The fourth-order valence-electron chi connectivity index (χ4n) is 3.99. The van der Waals surface area contributed by atoms with E-state index in [-0.39, 0.29) is 22.5 Å². The van der Waals surface area contributed by atoms with Crippen LogP contribution < -0.4 is 5.32 Å². The largest absolute Gasteiger partial charge is 0.417 e. The van der Waals surface area contributed by atoms with Crippen molar-refractivity contribution >= 4 is 17.2 Å². The first-order valence-electron chi connectivity index (χ1n) is 11.0. The molecule has 0 radical (unpaired) electrons. The maximum Gasteiger partial charge on any atom is 0.417 e. The molecular formula is C27H17F5N4O. The molecule has 5 aromatic rings. The molecule has 2 heterocycles. The van der Waals surface area contributed by atoms with Crippen LogP contribution in [-0.4, -0.2) is 20.5 Å². The van der Waals surface area contributed by atoms with Crippen molar-refractivity contribution in [3.8, 4) is 22.4 Å². The van der Waals surface area contributed by atoms with Crippen LogP contribution >= 0.6 is 0 Å². The fraction of sp³-hybridized carbons (Fsp3) is 0.0741. The van der Waals surface area contributed by atoms with E-state index in [2.05, 4.69) is 15.4 Å². The van der Waals surface area contributed by atoms with E-state index in [0.717, 1.165) is 23.8 Å². The summed E-state index contributed by atoms with van der Waals surface area (Å²) < 4.78 is 70.8. The SMILES string of the molecule is Cc1ccc(NC(=O)c2cc(-c3ccnn4c(-c5cccc(F)c5F)cnc34)ccc2C(F)(F)F)cc1. The Morgan fingerprint density at radius 1 is 0.946 bits per heavy atom.